The van der Waals surface area contributed by atoms with Crippen molar-refractivity contribution >= 4 is 5.97 Å². The molecular weight excluding hydrogens is 116 g/mol. The molecule has 1 aliphatic rings. The fourth-order valence-electron chi connectivity index (χ4n) is 0.829. The highest BCUT2D eigenvalue weighted by Crippen LogP contribution is 2.19. The third-order valence-corrected chi connectivity index (χ3v) is 1.56. The lowest BCUT2D eigenvalue weighted by Crippen LogP contribution is -1.98. The minimum atomic E-state index is -0.0944. The van der Waals surface area contributed by atoms with Gasteiger partial charge in [-0.2, -0.15) is 0 Å². The lowest BCUT2D eigenvalue weighted by molar-refractivity contribution is -0.137. The summed E-state index contributed by atoms with van der Waals surface area (Å²) in [5.41, 5.74) is 1.04. The average molecular weight is 126 g/mol. The highest BCUT2D eigenvalue weighted by molar-refractivity contribution is 5.72. The number of rotatable bonds is 1. The zero-order valence-corrected chi connectivity index (χ0v) is 5.52. The molecule has 1 aliphatic heterocycles. The number of carbonyl (C=O) groups excluding carboxylic acids is 1. The average Bonchev–Trinajstić information content (AvgIpc) is 2.14. The molecule has 0 spiro atoms. The molecule has 1 unspecified atom stereocenters. The van der Waals surface area contributed by atoms with Gasteiger partial charge in [0.05, 0.1) is 13.0 Å². The van der Waals surface area contributed by atoms with Gasteiger partial charge in [-0.1, -0.05) is 12.2 Å². The molecule has 0 aromatic carbocycles. The molecule has 0 saturated carbocycles. The van der Waals surface area contributed by atoms with Crippen LogP contribution in [0.4, 0.5) is 0 Å². The minimum absolute atomic E-state index is 0.0944. The Hall–Kier alpha value is -0.790. The van der Waals surface area contributed by atoms with Crippen LogP contribution in [0.2, 0.25) is 0 Å². The van der Waals surface area contributed by atoms with E-state index in [9.17, 15) is 4.79 Å². The summed E-state index contributed by atoms with van der Waals surface area (Å²) in [6.45, 7) is 6.20. The van der Waals surface area contributed by atoms with Crippen LogP contribution >= 0.6 is 0 Å². The molecule has 1 rings (SSSR count). The summed E-state index contributed by atoms with van der Waals surface area (Å²) >= 11 is 0. The summed E-state index contributed by atoms with van der Waals surface area (Å²) in [4.78, 5) is 10.5. The molecule has 0 radical (unpaired) electrons. The molecule has 0 aliphatic carbocycles. The number of cyclic esters (lactones) is 1. The van der Waals surface area contributed by atoms with Gasteiger partial charge in [-0.15, -0.1) is 0 Å². The first-order valence-electron chi connectivity index (χ1n) is 3.01. The Labute approximate surface area is 54.5 Å². The Morgan fingerprint density at radius 2 is 2.56 bits per heavy atom. The van der Waals surface area contributed by atoms with Crippen LogP contribution < -0.4 is 0 Å². The summed E-state index contributed by atoms with van der Waals surface area (Å²) in [6.07, 6.45) is 0.523. The zero-order chi connectivity index (χ0) is 6.85. The van der Waals surface area contributed by atoms with Gasteiger partial charge >= 0.3 is 5.97 Å². The molecule has 0 N–H and O–H groups in total. The van der Waals surface area contributed by atoms with Crippen LogP contribution in [0.5, 0.6) is 0 Å². The van der Waals surface area contributed by atoms with Gasteiger partial charge in [0.25, 0.3) is 0 Å². The third kappa shape index (κ3) is 1.31. The van der Waals surface area contributed by atoms with Gasteiger partial charge in [0, 0.05) is 5.92 Å². The Morgan fingerprint density at radius 3 is 2.78 bits per heavy atom. The Balaban J connectivity index is 2.48. The van der Waals surface area contributed by atoms with E-state index in [-0.39, 0.29) is 11.9 Å². The van der Waals surface area contributed by atoms with Gasteiger partial charge in [-0.25, -0.2) is 0 Å². The van der Waals surface area contributed by atoms with Crippen LogP contribution in [-0.4, -0.2) is 12.6 Å². The summed E-state index contributed by atoms with van der Waals surface area (Å²) in [6, 6.07) is 0. The normalized spacial score (nSPS) is 25.9. The lowest BCUT2D eigenvalue weighted by atomic mass is 10.0. The van der Waals surface area contributed by atoms with E-state index >= 15 is 0 Å². The van der Waals surface area contributed by atoms with Crippen molar-refractivity contribution in [1.82, 2.24) is 0 Å². The van der Waals surface area contributed by atoms with Gasteiger partial charge in [0.15, 0.2) is 0 Å². The van der Waals surface area contributed by atoms with Crippen LogP contribution in [0, 0.1) is 5.92 Å². The minimum Gasteiger partial charge on any atom is -0.465 e. The van der Waals surface area contributed by atoms with E-state index in [1.54, 1.807) is 0 Å². The molecule has 0 aromatic heterocycles. The van der Waals surface area contributed by atoms with Gasteiger partial charge in [0.1, 0.15) is 0 Å². The van der Waals surface area contributed by atoms with Crippen molar-refractivity contribution in [1.29, 1.82) is 0 Å². The lowest BCUT2D eigenvalue weighted by Gasteiger charge is -2.01. The Bertz CT molecular complexity index is 149. The summed E-state index contributed by atoms with van der Waals surface area (Å²) in [7, 11) is 0. The van der Waals surface area contributed by atoms with Gasteiger partial charge in [-0.05, 0) is 6.92 Å². The van der Waals surface area contributed by atoms with E-state index in [4.69, 9.17) is 4.74 Å². The molecule has 50 valence electrons. The molecule has 9 heavy (non-hydrogen) atoms. The van der Waals surface area contributed by atoms with Crippen LogP contribution in [0.15, 0.2) is 12.2 Å². The predicted octanol–water partition coefficient (Wildman–Crippen LogP) is 1.13. The van der Waals surface area contributed by atoms with Crippen molar-refractivity contribution < 1.29 is 9.53 Å². The number of ether oxygens (including phenoxy) is 1. The first kappa shape index (κ1) is 6.33. The fourth-order valence-corrected chi connectivity index (χ4v) is 0.829. The molecule has 1 atom stereocenters. The monoisotopic (exact) mass is 126 g/mol. The van der Waals surface area contributed by atoms with E-state index in [1.807, 2.05) is 6.92 Å². The number of esters is 1. The van der Waals surface area contributed by atoms with E-state index < -0.39 is 0 Å². The number of carbonyl (C=O) groups is 1. The quantitative estimate of drug-likeness (QED) is 0.389. The Morgan fingerprint density at radius 1 is 1.89 bits per heavy atom. The van der Waals surface area contributed by atoms with Crippen molar-refractivity contribution in [2.45, 2.75) is 13.3 Å². The van der Waals surface area contributed by atoms with E-state index in [2.05, 4.69) is 6.58 Å². The molecule has 0 bridgehead atoms. The highest BCUT2D eigenvalue weighted by atomic mass is 16.5. The standard InChI is InChI=1S/C7H10O2/c1-5(2)6-3-7(8)9-4-6/h6H,1,3-4H2,2H3. The second-order valence-corrected chi connectivity index (χ2v) is 2.43. The van der Waals surface area contributed by atoms with Crippen molar-refractivity contribution in [3.63, 3.8) is 0 Å². The van der Waals surface area contributed by atoms with Crippen LogP contribution in [-0.2, 0) is 9.53 Å². The van der Waals surface area contributed by atoms with E-state index in [0.717, 1.165) is 5.57 Å². The van der Waals surface area contributed by atoms with Crippen molar-refractivity contribution in [3.8, 4) is 0 Å². The maximum Gasteiger partial charge on any atom is 0.306 e. The summed E-state index contributed by atoms with van der Waals surface area (Å²) in [5.74, 6) is 0.181. The maximum atomic E-state index is 10.5. The molecule has 1 heterocycles. The van der Waals surface area contributed by atoms with Gasteiger partial charge < -0.3 is 4.74 Å². The topological polar surface area (TPSA) is 26.3 Å². The number of hydrogen-bond donors (Lipinski definition) is 0. The van der Waals surface area contributed by atoms with E-state index in [1.165, 1.54) is 0 Å². The molecule has 2 nitrogen and oxygen atoms in total. The third-order valence-electron chi connectivity index (χ3n) is 1.56. The maximum absolute atomic E-state index is 10.5. The zero-order valence-electron chi connectivity index (χ0n) is 5.52. The van der Waals surface area contributed by atoms with E-state index in [0.29, 0.717) is 13.0 Å². The largest absolute Gasteiger partial charge is 0.465 e. The smallest absolute Gasteiger partial charge is 0.306 e. The Kier molecular flexibility index (Phi) is 1.56. The molecule has 0 amide bonds. The first-order valence-corrected chi connectivity index (χ1v) is 3.01. The van der Waals surface area contributed by atoms with Crippen LogP contribution in [0.1, 0.15) is 13.3 Å². The molecule has 2 heteroatoms. The van der Waals surface area contributed by atoms with Crippen molar-refractivity contribution in [2.75, 3.05) is 6.61 Å². The molecule has 1 saturated heterocycles. The highest BCUT2D eigenvalue weighted by Gasteiger charge is 2.23. The van der Waals surface area contributed by atoms with Crippen LogP contribution in [0.3, 0.4) is 0 Å². The first-order chi connectivity index (χ1) is 4.20. The molecule has 0 aromatic rings. The SMILES string of the molecule is C=C(C)C1COC(=O)C1. The predicted molar refractivity (Wildman–Crippen MR) is 33.9 cm³/mol. The van der Waals surface area contributed by atoms with Gasteiger partial charge in [0.2, 0.25) is 0 Å². The van der Waals surface area contributed by atoms with Crippen molar-refractivity contribution in [2.24, 2.45) is 5.92 Å². The summed E-state index contributed by atoms with van der Waals surface area (Å²) in [5, 5.41) is 0. The molecule has 1 fully saturated rings. The van der Waals surface area contributed by atoms with Gasteiger partial charge in [-0.3, -0.25) is 4.79 Å². The molecular formula is C7H10O2. The number of hydrogen-bond acceptors (Lipinski definition) is 2. The summed E-state index contributed by atoms with van der Waals surface area (Å²) < 4.78 is 4.73. The second kappa shape index (κ2) is 2.21. The van der Waals surface area contributed by atoms with Crippen LogP contribution in [0.25, 0.3) is 0 Å². The fraction of sp³-hybridized carbons (Fsp3) is 0.571. The van der Waals surface area contributed by atoms with Crippen molar-refractivity contribution in [3.05, 3.63) is 12.2 Å². The second-order valence-electron chi connectivity index (χ2n) is 2.43.